The van der Waals surface area contributed by atoms with Gasteiger partial charge in [-0.15, -0.1) is 11.8 Å². The van der Waals surface area contributed by atoms with Crippen LogP contribution in [0.15, 0.2) is 66.4 Å². The third-order valence-corrected chi connectivity index (χ3v) is 9.57. The van der Waals surface area contributed by atoms with Crippen LogP contribution < -0.4 is 4.90 Å². The van der Waals surface area contributed by atoms with Crippen LogP contribution >= 0.6 is 46.6 Å². The molecule has 2 aromatic rings. The van der Waals surface area contributed by atoms with Gasteiger partial charge in [-0.2, -0.15) is 0 Å². The van der Waals surface area contributed by atoms with Gasteiger partial charge in [-0.25, -0.2) is 4.79 Å². The summed E-state index contributed by atoms with van der Waals surface area (Å²) in [5.41, 5.74) is 1.41. The number of amides is 2. The fourth-order valence-corrected chi connectivity index (χ4v) is 6.44. The van der Waals surface area contributed by atoms with Gasteiger partial charge in [-0.1, -0.05) is 66.8 Å². The third-order valence-electron chi connectivity index (χ3n) is 7.45. The number of benzene rings is 2. The molecule has 3 aliphatic heterocycles. The molecule has 13 nitrogen and oxygen atoms in total. The number of cyclic esters (lactones) is 1. The van der Waals surface area contributed by atoms with Crippen molar-refractivity contribution < 1.29 is 43.1 Å². The zero-order valence-electron chi connectivity index (χ0n) is 25.7. The molecule has 3 heterocycles. The molecule has 5 atom stereocenters. The molecule has 0 saturated carbocycles. The highest BCUT2D eigenvalue weighted by atomic mass is 35.6. The second kappa shape index (κ2) is 15.6. The zero-order valence-corrected chi connectivity index (χ0v) is 28.8. The van der Waals surface area contributed by atoms with E-state index in [4.69, 9.17) is 44.3 Å². The highest BCUT2D eigenvalue weighted by molar-refractivity contribution is 8.01. The number of esters is 2. The number of non-ortho nitro benzene ring substituents is 1. The van der Waals surface area contributed by atoms with Crippen LogP contribution in [0, 0.1) is 16.0 Å². The lowest BCUT2D eigenvalue weighted by Gasteiger charge is -2.52. The molecule has 0 aliphatic carbocycles. The number of hydrogen-bond acceptors (Lipinski definition) is 11. The zero-order chi connectivity index (χ0) is 35.3. The first-order valence-corrected chi connectivity index (χ1v) is 16.6. The van der Waals surface area contributed by atoms with E-state index in [1.807, 2.05) is 6.92 Å². The number of nitrogens with zero attached hydrogens (tertiary/aromatic N) is 3. The molecule has 256 valence electrons. The quantitative estimate of drug-likeness (QED) is 0.0605. The Hall–Kier alpha value is -3.85. The Morgan fingerprint density at radius 1 is 1.06 bits per heavy atom. The average molecular weight is 743 g/mol. The SMILES string of the molecule is CCC(C)C(=O)OCC1=CN2C(=O)C(N(C(C)=O)c3ccccc3)[C@H]2SC1C(=O)OCc1ccc([N+](=O)[O-])cc1.O=C1OC1C(Cl)(Cl)Cl. The summed E-state index contributed by atoms with van der Waals surface area (Å²) in [6.07, 6.45) is 1.26. The maximum atomic E-state index is 13.3. The van der Waals surface area contributed by atoms with Gasteiger partial charge in [0.05, 0.1) is 10.8 Å². The molecule has 5 rings (SSSR count). The van der Waals surface area contributed by atoms with E-state index in [1.165, 1.54) is 47.2 Å². The number of β-lactam (4-membered cyclic amide) rings is 1. The van der Waals surface area contributed by atoms with Crippen molar-refractivity contribution in [1.82, 2.24) is 4.90 Å². The maximum Gasteiger partial charge on any atom is 0.353 e. The maximum absolute atomic E-state index is 13.3. The minimum absolute atomic E-state index is 0.0829. The number of ether oxygens (including phenoxy) is 3. The van der Waals surface area contributed by atoms with E-state index < -0.39 is 49.4 Å². The lowest BCUT2D eigenvalue weighted by Crippen LogP contribution is -2.70. The highest BCUT2D eigenvalue weighted by Gasteiger charge is 2.56. The number of fused-ring (bicyclic) bond motifs is 1. The molecular weight excluding hydrogens is 713 g/mol. The summed E-state index contributed by atoms with van der Waals surface area (Å²) < 4.78 is 13.7. The molecule has 48 heavy (non-hydrogen) atoms. The van der Waals surface area contributed by atoms with Crippen LogP contribution in [0.3, 0.4) is 0 Å². The van der Waals surface area contributed by atoms with Gasteiger partial charge in [-0.05, 0) is 36.2 Å². The Labute approximate surface area is 294 Å². The fraction of sp³-hybridized carbons (Fsp3) is 0.387. The van der Waals surface area contributed by atoms with Crippen molar-refractivity contribution in [2.45, 2.75) is 60.4 Å². The molecule has 0 radical (unpaired) electrons. The van der Waals surface area contributed by atoms with E-state index in [9.17, 15) is 34.1 Å². The summed E-state index contributed by atoms with van der Waals surface area (Å²) in [4.78, 5) is 74.8. The molecular formula is C31H30Cl3N3O10S. The Balaban J connectivity index is 0.000000569. The predicted octanol–water partition coefficient (Wildman–Crippen LogP) is 5.10. The Bertz CT molecular complexity index is 1600. The summed E-state index contributed by atoms with van der Waals surface area (Å²) >= 11 is 16.8. The molecule has 3 aliphatic rings. The Morgan fingerprint density at radius 3 is 2.19 bits per heavy atom. The lowest BCUT2D eigenvalue weighted by molar-refractivity contribution is -0.384. The normalized spacial score (nSPS) is 21.5. The number of halogens is 3. The van der Waals surface area contributed by atoms with Crippen LogP contribution in [0.4, 0.5) is 11.4 Å². The molecule has 0 spiro atoms. The van der Waals surface area contributed by atoms with Gasteiger partial charge in [0.2, 0.25) is 15.8 Å². The second-order valence-corrected chi connectivity index (χ2v) is 14.4. The van der Waals surface area contributed by atoms with Gasteiger partial charge < -0.3 is 19.1 Å². The minimum Gasteiger partial charge on any atom is -0.461 e. The number of para-hydroxylation sites is 1. The topological polar surface area (TPSA) is 166 Å². The average Bonchev–Trinajstić information content (AvgIpc) is 3.82. The third kappa shape index (κ3) is 8.78. The first-order chi connectivity index (χ1) is 22.6. The van der Waals surface area contributed by atoms with Crippen molar-refractivity contribution in [3.05, 3.63) is 82.0 Å². The number of carbonyl (C=O) groups is 5. The van der Waals surface area contributed by atoms with Crippen molar-refractivity contribution in [3.63, 3.8) is 0 Å². The first kappa shape index (κ1) is 37.0. The standard InChI is InChI=1S/C28H29N3O8S.C3HCl3O2/c1-4-17(2)27(34)39-16-20-14-29-25(33)23(30(18(3)32)21-8-6-5-7-9-21)26(29)40-24(20)28(35)38-15-19-10-12-22(13-11-19)31(36)37;4-3(5,6)1-2(7)8-1/h5-14,17,23-24,26H,4,15-16H2,1-3H3;1H/t17?,23?,24?,26-;/m1./s1. The minimum atomic E-state index is -1.57. The Kier molecular flexibility index (Phi) is 12.0. The second-order valence-electron chi connectivity index (χ2n) is 10.8. The first-order valence-electron chi connectivity index (χ1n) is 14.5. The molecule has 0 aromatic heterocycles. The van der Waals surface area contributed by atoms with Crippen LogP contribution in [0.25, 0.3) is 0 Å². The number of alkyl halides is 3. The molecule has 2 aromatic carbocycles. The molecule has 0 bridgehead atoms. The number of carbonyl (C=O) groups excluding carboxylic acids is 5. The fourth-order valence-electron chi connectivity index (χ4n) is 4.60. The summed E-state index contributed by atoms with van der Waals surface area (Å²) in [7, 11) is 0. The summed E-state index contributed by atoms with van der Waals surface area (Å²) in [6.45, 7) is 4.64. The smallest absolute Gasteiger partial charge is 0.353 e. The number of hydrogen-bond donors (Lipinski definition) is 0. The van der Waals surface area contributed by atoms with E-state index in [0.717, 1.165) is 11.8 Å². The molecule has 4 unspecified atom stereocenters. The number of nitro benzene ring substituents is 1. The van der Waals surface area contributed by atoms with Gasteiger partial charge in [0.15, 0.2) is 0 Å². The lowest BCUT2D eigenvalue weighted by atomic mass is 10.0. The van der Waals surface area contributed by atoms with Crippen LogP contribution in [0.5, 0.6) is 0 Å². The van der Waals surface area contributed by atoms with Crippen LogP contribution in [-0.4, -0.2) is 72.7 Å². The number of rotatable bonds is 10. The summed E-state index contributed by atoms with van der Waals surface area (Å²) in [5.74, 6) is -2.47. The largest absolute Gasteiger partial charge is 0.461 e. The van der Waals surface area contributed by atoms with Crippen LogP contribution in [-0.2, 0) is 44.8 Å². The van der Waals surface area contributed by atoms with Crippen LogP contribution in [0.1, 0.15) is 32.8 Å². The van der Waals surface area contributed by atoms with Gasteiger partial charge in [-0.3, -0.25) is 34.2 Å². The van der Waals surface area contributed by atoms with Crippen molar-refractivity contribution in [2.75, 3.05) is 11.5 Å². The van der Waals surface area contributed by atoms with Gasteiger partial charge in [0, 0.05) is 36.5 Å². The molecule has 2 amide bonds. The highest BCUT2D eigenvalue weighted by Crippen LogP contribution is 2.44. The van der Waals surface area contributed by atoms with Crippen molar-refractivity contribution in [3.8, 4) is 0 Å². The van der Waals surface area contributed by atoms with E-state index in [0.29, 0.717) is 23.2 Å². The number of epoxide rings is 1. The number of thioether (sulfide) groups is 1. The van der Waals surface area contributed by atoms with Gasteiger partial charge in [0.25, 0.3) is 11.6 Å². The monoisotopic (exact) mass is 741 g/mol. The van der Waals surface area contributed by atoms with E-state index in [1.54, 1.807) is 37.3 Å². The predicted molar refractivity (Wildman–Crippen MR) is 177 cm³/mol. The van der Waals surface area contributed by atoms with Gasteiger partial charge in [0.1, 0.15) is 29.9 Å². The van der Waals surface area contributed by atoms with Crippen LogP contribution in [0.2, 0.25) is 0 Å². The van der Waals surface area contributed by atoms with Gasteiger partial charge >= 0.3 is 17.9 Å². The molecule has 2 fully saturated rings. The molecule has 17 heteroatoms. The molecule has 0 N–H and O–H groups in total. The molecule has 2 saturated heterocycles. The van der Waals surface area contributed by atoms with E-state index in [-0.39, 0.29) is 36.6 Å². The van der Waals surface area contributed by atoms with E-state index in [2.05, 4.69) is 4.74 Å². The number of nitro groups is 1. The van der Waals surface area contributed by atoms with Crippen molar-refractivity contribution in [2.24, 2.45) is 5.92 Å². The number of anilines is 1. The summed E-state index contributed by atoms with van der Waals surface area (Å²) in [5, 5.41) is 9.43. The van der Waals surface area contributed by atoms with Crippen molar-refractivity contribution >= 4 is 87.7 Å². The van der Waals surface area contributed by atoms with Crippen molar-refractivity contribution in [1.29, 1.82) is 0 Å². The van der Waals surface area contributed by atoms with E-state index >= 15 is 0 Å². The Morgan fingerprint density at radius 2 is 1.69 bits per heavy atom. The summed E-state index contributed by atoms with van der Waals surface area (Å²) in [6, 6.07) is 13.6.